The van der Waals surface area contributed by atoms with Crippen LogP contribution in [0.2, 0.25) is 0 Å². The number of rotatable bonds is 18. The molecule has 0 unspecified atom stereocenters. The van der Waals surface area contributed by atoms with E-state index in [0.29, 0.717) is 18.9 Å². The fraction of sp³-hybridized carbons (Fsp3) is 0.556. The van der Waals surface area contributed by atoms with Crippen molar-refractivity contribution in [3.8, 4) is 0 Å². The van der Waals surface area contributed by atoms with Gasteiger partial charge < -0.3 is 31.1 Å². The molecule has 2 aromatic carbocycles. The lowest BCUT2D eigenvalue weighted by atomic mass is 9.84. The van der Waals surface area contributed by atoms with Gasteiger partial charge in [0, 0.05) is 12.3 Å². The normalized spacial score (nSPS) is 15.9. The predicted molar refractivity (Wildman–Crippen MR) is 186 cm³/mol. The minimum Gasteiger partial charge on any atom is -0.445 e. The molecule has 5 N–H and O–H groups in total. The fourth-order valence-corrected chi connectivity index (χ4v) is 6.13. The van der Waals surface area contributed by atoms with Crippen molar-refractivity contribution in [3.63, 3.8) is 0 Å². The number of ether oxygens (including phenoxy) is 1. The van der Waals surface area contributed by atoms with Gasteiger partial charge in [-0.25, -0.2) is 4.79 Å². The number of thioether (sulfide) groups is 1. The van der Waals surface area contributed by atoms with Crippen LogP contribution >= 0.6 is 11.8 Å². The first-order valence-electron chi connectivity index (χ1n) is 16.7. The fourth-order valence-electron chi connectivity index (χ4n) is 5.82. The van der Waals surface area contributed by atoms with E-state index in [1.165, 1.54) is 6.42 Å². The van der Waals surface area contributed by atoms with Crippen LogP contribution in [0, 0.1) is 11.8 Å². The Balaban J connectivity index is 1.67. The number of alkyl carbamates (subject to hydrolysis) is 1. The van der Waals surface area contributed by atoms with E-state index in [0.717, 1.165) is 42.6 Å². The summed E-state index contributed by atoms with van der Waals surface area (Å²) in [5.74, 6) is -0.343. The molecular formula is C36H52N4O6S. The first kappa shape index (κ1) is 37.9. The van der Waals surface area contributed by atoms with Gasteiger partial charge in [-0.05, 0) is 42.1 Å². The Hall–Kier alpha value is -3.57. The molecule has 1 fully saturated rings. The highest BCUT2D eigenvalue weighted by Crippen LogP contribution is 2.27. The van der Waals surface area contributed by atoms with Crippen molar-refractivity contribution in [2.45, 2.75) is 96.1 Å². The molecule has 2 aromatic rings. The van der Waals surface area contributed by atoms with Crippen LogP contribution in [0.5, 0.6) is 0 Å². The second kappa shape index (κ2) is 20.6. The van der Waals surface area contributed by atoms with Crippen LogP contribution in [-0.4, -0.2) is 71.7 Å². The van der Waals surface area contributed by atoms with Crippen LogP contribution < -0.4 is 21.3 Å². The zero-order chi connectivity index (χ0) is 34.0. The standard InChI is InChI=1S/C36H52N4O6S/c1-25(2)33(40-36(45)46-24-28-17-11-6-12-18-28)35(44)39-29(21-26-13-7-4-8-14-26)31(41)23-32(42)38-30(34(43)37-19-20-47-3)22-27-15-9-5-10-16-27/h4,6-8,11-14,17-18,25,27,29-31,33,41H,5,9-10,15-16,19-24H2,1-3H3,(H,37,43)(H,38,42)(H,39,44)(H,40,45)/t29-,30-,31-,33-/m0/s1. The minimum atomic E-state index is -1.26. The summed E-state index contributed by atoms with van der Waals surface area (Å²) in [5, 5.41) is 22.7. The second-order valence-electron chi connectivity index (χ2n) is 12.6. The Morgan fingerprint density at radius 1 is 0.872 bits per heavy atom. The molecule has 0 radical (unpaired) electrons. The van der Waals surface area contributed by atoms with Gasteiger partial charge in [-0.15, -0.1) is 0 Å². The van der Waals surface area contributed by atoms with E-state index < -0.39 is 42.1 Å². The Labute approximate surface area is 283 Å². The molecule has 3 rings (SSSR count). The van der Waals surface area contributed by atoms with Crippen molar-refractivity contribution >= 4 is 35.6 Å². The number of amides is 4. The van der Waals surface area contributed by atoms with Crippen molar-refractivity contribution in [1.82, 2.24) is 21.3 Å². The summed E-state index contributed by atoms with van der Waals surface area (Å²) >= 11 is 1.63. The number of nitrogens with one attached hydrogen (secondary N) is 4. The quantitative estimate of drug-likeness (QED) is 0.149. The molecule has 1 saturated carbocycles. The summed E-state index contributed by atoms with van der Waals surface area (Å²) in [6, 6.07) is 16.1. The van der Waals surface area contributed by atoms with Gasteiger partial charge in [0.25, 0.3) is 0 Å². The summed E-state index contributed by atoms with van der Waals surface area (Å²) in [6.45, 7) is 4.17. The van der Waals surface area contributed by atoms with Crippen LogP contribution in [0.3, 0.4) is 0 Å². The molecular weight excluding hydrogens is 616 g/mol. The second-order valence-corrected chi connectivity index (χ2v) is 13.6. The molecule has 1 aliphatic carbocycles. The lowest BCUT2D eigenvalue weighted by Crippen LogP contribution is -2.56. The third kappa shape index (κ3) is 14.0. The summed E-state index contributed by atoms with van der Waals surface area (Å²) in [5.41, 5.74) is 1.67. The van der Waals surface area contributed by atoms with E-state index >= 15 is 0 Å². The van der Waals surface area contributed by atoms with E-state index in [-0.39, 0.29) is 31.3 Å². The van der Waals surface area contributed by atoms with Crippen molar-refractivity contribution < 1.29 is 29.0 Å². The first-order chi connectivity index (χ1) is 22.7. The first-order valence-corrected chi connectivity index (χ1v) is 18.1. The SMILES string of the molecule is CSCCNC(=O)[C@H](CC1CCCCC1)NC(=O)C[C@H](O)[C@H](Cc1ccccc1)NC(=O)[C@@H](NC(=O)OCc1ccccc1)C(C)C. The van der Waals surface area contributed by atoms with Crippen LogP contribution in [0.1, 0.15) is 69.9 Å². The van der Waals surface area contributed by atoms with E-state index in [1.807, 2.05) is 66.9 Å². The van der Waals surface area contributed by atoms with Gasteiger partial charge in [0.05, 0.1) is 18.6 Å². The monoisotopic (exact) mass is 668 g/mol. The van der Waals surface area contributed by atoms with Gasteiger partial charge >= 0.3 is 6.09 Å². The van der Waals surface area contributed by atoms with Crippen LogP contribution in [0.25, 0.3) is 0 Å². The number of benzene rings is 2. The summed E-state index contributed by atoms with van der Waals surface area (Å²) in [7, 11) is 0. The third-order valence-corrected chi connectivity index (χ3v) is 9.08. The summed E-state index contributed by atoms with van der Waals surface area (Å²) < 4.78 is 5.33. The van der Waals surface area contributed by atoms with Crippen molar-refractivity contribution in [2.24, 2.45) is 11.8 Å². The molecule has 0 bridgehead atoms. The number of hydrogen-bond donors (Lipinski definition) is 5. The Kier molecular flexibility index (Phi) is 16.6. The van der Waals surface area contributed by atoms with E-state index in [9.17, 15) is 24.3 Å². The molecule has 1 aliphatic rings. The summed E-state index contributed by atoms with van der Waals surface area (Å²) in [4.78, 5) is 52.6. The number of aliphatic hydroxyl groups excluding tert-OH is 1. The van der Waals surface area contributed by atoms with Crippen LogP contribution in [-0.2, 0) is 32.1 Å². The highest BCUT2D eigenvalue weighted by Gasteiger charge is 2.32. The minimum absolute atomic E-state index is 0.0564. The largest absolute Gasteiger partial charge is 0.445 e. The number of carbonyl (C=O) groups is 4. The van der Waals surface area contributed by atoms with Crippen molar-refractivity contribution in [1.29, 1.82) is 0 Å². The van der Waals surface area contributed by atoms with Gasteiger partial charge in [-0.1, -0.05) is 107 Å². The lowest BCUT2D eigenvalue weighted by molar-refractivity contribution is -0.131. The molecule has 0 heterocycles. The topological polar surface area (TPSA) is 146 Å². The van der Waals surface area contributed by atoms with Crippen LogP contribution in [0.4, 0.5) is 4.79 Å². The van der Waals surface area contributed by atoms with E-state index in [2.05, 4.69) is 21.3 Å². The number of carbonyl (C=O) groups excluding carboxylic acids is 4. The molecule has 4 amide bonds. The van der Waals surface area contributed by atoms with E-state index in [1.54, 1.807) is 25.6 Å². The maximum Gasteiger partial charge on any atom is 0.408 e. The van der Waals surface area contributed by atoms with E-state index in [4.69, 9.17) is 4.74 Å². The van der Waals surface area contributed by atoms with Gasteiger partial charge in [-0.3, -0.25) is 14.4 Å². The molecule has 258 valence electrons. The Bertz CT molecular complexity index is 1240. The number of hydrogen-bond acceptors (Lipinski definition) is 7. The highest BCUT2D eigenvalue weighted by atomic mass is 32.2. The molecule has 11 heteroatoms. The van der Waals surface area contributed by atoms with Gasteiger partial charge in [0.1, 0.15) is 18.7 Å². The third-order valence-electron chi connectivity index (χ3n) is 8.47. The van der Waals surface area contributed by atoms with Gasteiger partial charge in [0.15, 0.2) is 0 Å². The maximum atomic E-state index is 13.6. The van der Waals surface area contributed by atoms with Crippen LogP contribution in [0.15, 0.2) is 60.7 Å². The zero-order valence-electron chi connectivity index (χ0n) is 27.9. The summed E-state index contributed by atoms with van der Waals surface area (Å²) in [6.07, 6.45) is 5.97. The molecule has 47 heavy (non-hydrogen) atoms. The Morgan fingerprint density at radius 3 is 2.13 bits per heavy atom. The maximum absolute atomic E-state index is 13.6. The molecule has 0 saturated heterocycles. The smallest absolute Gasteiger partial charge is 0.408 e. The molecule has 0 aromatic heterocycles. The highest BCUT2D eigenvalue weighted by molar-refractivity contribution is 7.98. The lowest BCUT2D eigenvalue weighted by Gasteiger charge is -2.29. The molecule has 4 atom stereocenters. The Morgan fingerprint density at radius 2 is 1.51 bits per heavy atom. The molecule has 10 nitrogen and oxygen atoms in total. The average molecular weight is 669 g/mol. The predicted octanol–water partition coefficient (Wildman–Crippen LogP) is 4.35. The number of aliphatic hydroxyl groups is 1. The zero-order valence-corrected chi connectivity index (χ0v) is 28.7. The van der Waals surface area contributed by atoms with Gasteiger partial charge in [-0.2, -0.15) is 11.8 Å². The van der Waals surface area contributed by atoms with Gasteiger partial charge in [0.2, 0.25) is 17.7 Å². The van der Waals surface area contributed by atoms with Crippen molar-refractivity contribution in [2.75, 3.05) is 18.6 Å². The molecule has 0 spiro atoms. The average Bonchev–Trinajstić information content (AvgIpc) is 3.06. The molecule has 0 aliphatic heterocycles. The van der Waals surface area contributed by atoms with Crippen molar-refractivity contribution in [3.05, 3.63) is 71.8 Å².